The third kappa shape index (κ3) is 2.22. The van der Waals surface area contributed by atoms with Gasteiger partial charge in [0.05, 0.1) is 16.7 Å². The molecule has 0 aromatic carbocycles. The van der Waals surface area contributed by atoms with E-state index in [1.165, 1.54) is 17.8 Å². The zero-order valence-corrected chi connectivity index (χ0v) is 9.31. The highest BCUT2D eigenvalue weighted by Gasteiger charge is 2.12. The summed E-state index contributed by atoms with van der Waals surface area (Å²) in [6, 6.07) is 3.14. The minimum absolute atomic E-state index is 0.205. The number of carbonyl (C=O) groups is 1. The molecule has 1 N–H and O–H groups in total. The summed E-state index contributed by atoms with van der Waals surface area (Å²) in [6.07, 6.45) is 5.06. The zero-order valence-electron chi connectivity index (χ0n) is 8.49. The number of nitrogens with zero attached hydrogens (tertiary/aromatic N) is 3. The van der Waals surface area contributed by atoms with Gasteiger partial charge in [-0.25, -0.2) is 9.78 Å². The summed E-state index contributed by atoms with van der Waals surface area (Å²) in [5, 5.41) is 13.5. The Labute approximate surface area is 96.1 Å². The molecule has 2 aromatic heterocycles. The Balaban J connectivity index is 2.31. The zero-order chi connectivity index (χ0) is 11.5. The van der Waals surface area contributed by atoms with Gasteiger partial charge in [0.1, 0.15) is 5.03 Å². The summed E-state index contributed by atoms with van der Waals surface area (Å²) in [5.41, 5.74) is 0.205. The van der Waals surface area contributed by atoms with Gasteiger partial charge in [-0.1, -0.05) is 11.8 Å². The Morgan fingerprint density at radius 1 is 1.56 bits per heavy atom. The second kappa shape index (κ2) is 4.36. The molecule has 2 rings (SSSR count). The van der Waals surface area contributed by atoms with Crippen molar-refractivity contribution in [1.82, 2.24) is 14.8 Å². The monoisotopic (exact) mass is 235 g/mol. The topological polar surface area (TPSA) is 68.0 Å². The van der Waals surface area contributed by atoms with Gasteiger partial charge in [0, 0.05) is 19.4 Å². The molecule has 5 nitrogen and oxygen atoms in total. The second-order valence-corrected chi connectivity index (χ2v) is 4.18. The number of aryl methyl sites for hydroxylation is 1. The number of hydrogen-bond donors (Lipinski definition) is 1. The molecular weight excluding hydrogens is 226 g/mol. The first kappa shape index (κ1) is 10.7. The van der Waals surface area contributed by atoms with Crippen LogP contribution in [0.2, 0.25) is 0 Å². The highest BCUT2D eigenvalue weighted by molar-refractivity contribution is 7.99. The molecule has 0 unspecified atom stereocenters. The van der Waals surface area contributed by atoms with Crippen LogP contribution in [-0.2, 0) is 7.05 Å². The van der Waals surface area contributed by atoms with E-state index < -0.39 is 5.97 Å². The van der Waals surface area contributed by atoms with Crippen molar-refractivity contribution in [3.63, 3.8) is 0 Å². The van der Waals surface area contributed by atoms with Crippen LogP contribution in [0, 0.1) is 0 Å². The van der Waals surface area contributed by atoms with Gasteiger partial charge in [0.25, 0.3) is 0 Å². The van der Waals surface area contributed by atoms with Crippen LogP contribution in [0.25, 0.3) is 0 Å². The molecule has 0 aliphatic carbocycles. The lowest BCUT2D eigenvalue weighted by Crippen LogP contribution is -1.99. The summed E-state index contributed by atoms with van der Waals surface area (Å²) < 4.78 is 1.66. The third-order valence-corrected chi connectivity index (χ3v) is 2.86. The fourth-order valence-electron chi connectivity index (χ4n) is 1.20. The van der Waals surface area contributed by atoms with Crippen LogP contribution in [0.3, 0.4) is 0 Å². The fraction of sp³-hybridized carbons (Fsp3) is 0.100. The first-order chi connectivity index (χ1) is 7.66. The molecule has 0 aliphatic heterocycles. The second-order valence-electron chi connectivity index (χ2n) is 3.11. The lowest BCUT2D eigenvalue weighted by Gasteiger charge is -2.01. The average molecular weight is 235 g/mol. The number of carboxylic acids is 1. The van der Waals surface area contributed by atoms with Crippen LogP contribution < -0.4 is 0 Å². The van der Waals surface area contributed by atoms with E-state index in [0.29, 0.717) is 5.03 Å². The average Bonchev–Trinajstić information content (AvgIpc) is 2.64. The van der Waals surface area contributed by atoms with E-state index in [9.17, 15) is 4.79 Å². The van der Waals surface area contributed by atoms with Crippen LogP contribution in [0.4, 0.5) is 0 Å². The minimum atomic E-state index is -0.973. The smallest absolute Gasteiger partial charge is 0.338 e. The van der Waals surface area contributed by atoms with E-state index in [2.05, 4.69) is 10.1 Å². The van der Waals surface area contributed by atoms with Gasteiger partial charge in [-0.3, -0.25) is 4.68 Å². The Kier molecular flexibility index (Phi) is 2.91. The van der Waals surface area contributed by atoms with Crippen molar-refractivity contribution in [2.24, 2.45) is 7.05 Å². The highest BCUT2D eigenvalue weighted by Crippen LogP contribution is 2.27. The molecule has 0 bridgehead atoms. The van der Waals surface area contributed by atoms with Gasteiger partial charge in [-0.05, 0) is 12.1 Å². The van der Waals surface area contributed by atoms with Crippen molar-refractivity contribution in [1.29, 1.82) is 0 Å². The molecule has 0 spiro atoms. The van der Waals surface area contributed by atoms with Gasteiger partial charge in [-0.2, -0.15) is 5.10 Å². The molecule has 0 aliphatic rings. The number of rotatable bonds is 3. The summed E-state index contributed by atoms with van der Waals surface area (Å²) >= 11 is 1.29. The Hall–Kier alpha value is -1.82. The van der Waals surface area contributed by atoms with Crippen LogP contribution in [0.5, 0.6) is 0 Å². The van der Waals surface area contributed by atoms with E-state index in [0.717, 1.165) is 4.90 Å². The summed E-state index contributed by atoms with van der Waals surface area (Å²) in [6.45, 7) is 0. The van der Waals surface area contributed by atoms with E-state index in [-0.39, 0.29) is 5.56 Å². The third-order valence-electron chi connectivity index (χ3n) is 1.90. The van der Waals surface area contributed by atoms with Crippen molar-refractivity contribution < 1.29 is 9.90 Å². The molecule has 6 heteroatoms. The summed E-state index contributed by atoms with van der Waals surface area (Å²) in [7, 11) is 1.81. The minimum Gasteiger partial charge on any atom is -0.478 e. The Morgan fingerprint density at radius 3 is 3.00 bits per heavy atom. The van der Waals surface area contributed by atoms with E-state index in [4.69, 9.17) is 5.11 Å². The van der Waals surface area contributed by atoms with Crippen LogP contribution in [0.1, 0.15) is 10.4 Å². The number of aromatic nitrogens is 3. The Morgan fingerprint density at radius 2 is 2.38 bits per heavy atom. The fourth-order valence-corrected chi connectivity index (χ4v) is 2.11. The number of hydrogen-bond acceptors (Lipinski definition) is 4. The standard InChI is InChI=1S/C10H9N3O2S/c1-13-6-7(5-12-13)16-9-8(10(14)15)3-2-4-11-9/h2-6H,1H3,(H,14,15). The SMILES string of the molecule is Cn1cc(Sc2ncccc2C(=O)O)cn1. The molecule has 0 amide bonds. The lowest BCUT2D eigenvalue weighted by atomic mass is 10.3. The first-order valence-corrected chi connectivity index (χ1v) is 5.33. The summed E-state index contributed by atoms with van der Waals surface area (Å²) in [5.74, 6) is -0.973. The van der Waals surface area contributed by atoms with Crippen molar-refractivity contribution in [2.45, 2.75) is 9.92 Å². The van der Waals surface area contributed by atoms with Gasteiger partial charge in [-0.15, -0.1) is 0 Å². The molecule has 2 aromatic rings. The molecule has 0 atom stereocenters. The molecule has 0 fully saturated rings. The highest BCUT2D eigenvalue weighted by atomic mass is 32.2. The molecule has 16 heavy (non-hydrogen) atoms. The van der Waals surface area contributed by atoms with Crippen molar-refractivity contribution in [2.75, 3.05) is 0 Å². The number of pyridine rings is 1. The van der Waals surface area contributed by atoms with Gasteiger partial charge in [0.2, 0.25) is 0 Å². The molecule has 2 heterocycles. The van der Waals surface area contributed by atoms with Gasteiger partial charge in [0.15, 0.2) is 0 Å². The maximum Gasteiger partial charge on any atom is 0.338 e. The van der Waals surface area contributed by atoms with Crippen molar-refractivity contribution >= 4 is 17.7 Å². The molecule has 0 radical (unpaired) electrons. The normalized spacial score (nSPS) is 10.3. The van der Waals surface area contributed by atoms with Gasteiger partial charge >= 0.3 is 5.97 Å². The van der Waals surface area contributed by atoms with Crippen LogP contribution in [0.15, 0.2) is 40.6 Å². The quantitative estimate of drug-likeness (QED) is 0.876. The van der Waals surface area contributed by atoms with E-state index in [1.807, 2.05) is 6.20 Å². The maximum absolute atomic E-state index is 10.9. The number of aromatic carboxylic acids is 1. The predicted molar refractivity (Wildman–Crippen MR) is 58.5 cm³/mol. The largest absolute Gasteiger partial charge is 0.478 e. The van der Waals surface area contributed by atoms with E-state index >= 15 is 0 Å². The van der Waals surface area contributed by atoms with Crippen LogP contribution in [-0.4, -0.2) is 25.8 Å². The van der Waals surface area contributed by atoms with Crippen molar-refractivity contribution in [3.05, 3.63) is 36.3 Å². The summed E-state index contributed by atoms with van der Waals surface area (Å²) in [4.78, 5) is 15.9. The maximum atomic E-state index is 10.9. The molecule has 0 saturated carbocycles. The first-order valence-electron chi connectivity index (χ1n) is 4.51. The van der Waals surface area contributed by atoms with E-state index in [1.54, 1.807) is 30.2 Å². The molecular formula is C10H9N3O2S. The van der Waals surface area contributed by atoms with Gasteiger partial charge < -0.3 is 5.11 Å². The molecule has 0 saturated heterocycles. The Bertz CT molecular complexity index is 524. The predicted octanol–water partition coefficient (Wildman–Crippen LogP) is 1.66. The van der Waals surface area contributed by atoms with Crippen molar-refractivity contribution in [3.8, 4) is 0 Å². The lowest BCUT2D eigenvalue weighted by molar-refractivity contribution is 0.0692. The van der Waals surface area contributed by atoms with Crippen LogP contribution >= 0.6 is 11.8 Å². The number of carboxylic acid groups (broad SMARTS) is 1. The molecule has 82 valence electrons.